The first-order chi connectivity index (χ1) is 7.20. The van der Waals surface area contributed by atoms with E-state index >= 15 is 0 Å². The zero-order valence-corrected chi connectivity index (χ0v) is 9.00. The van der Waals surface area contributed by atoms with Crippen molar-refractivity contribution >= 4 is 0 Å². The highest BCUT2D eigenvalue weighted by Crippen LogP contribution is 2.31. The Morgan fingerprint density at radius 2 is 2.20 bits per heavy atom. The predicted octanol–water partition coefficient (Wildman–Crippen LogP) is 0.774. The van der Waals surface area contributed by atoms with Crippen molar-refractivity contribution in [2.75, 3.05) is 0 Å². The third-order valence-corrected chi connectivity index (χ3v) is 3.14. The Morgan fingerprint density at radius 3 is 2.80 bits per heavy atom. The molecule has 1 aromatic rings. The third kappa shape index (κ3) is 2.03. The molecule has 15 heavy (non-hydrogen) atoms. The largest absolute Gasteiger partial charge is 0.391 e. The molecular formula is C10H18N4O. The summed E-state index contributed by atoms with van der Waals surface area (Å²) in [5, 5.41) is 17.4. The maximum absolute atomic E-state index is 9.45. The van der Waals surface area contributed by atoms with E-state index in [4.69, 9.17) is 5.73 Å². The van der Waals surface area contributed by atoms with Gasteiger partial charge in [-0.2, -0.15) is 0 Å². The molecular weight excluding hydrogens is 192 g/mol. The van der Waals surface area contributed by atoms with E-state index in [0.717, 1.165) is 12.8 Å². The Bertz CT molecular complexity index is 300. The maximum Gasteiger partial charge on any atom is 0.152 e. The van der Waals surface area contributed by atoms with Crippen LogP contribution in [0.15, 0.2) is 6.33 Å². The Labute approximate surface area is 89.3 Å². The highest BCUT2D eigenvalue weighted by molar-refractivity contribution is 4.99. The molecule has 1 saturated carbocycles. The highest BCUT2D eigenvalue weighted by Gasteiger charge is 2.24. The van der Waals surface area contributed by atoms with Crippen LogP contribution in [0, 0.1) is 0 Å². The summed E-state index contributed by atoms with van der Waals surface area (Å²) in [6.45, 7) is 1.68. The number of rotatable bonds is 3. The SMILES string of the molecule is CC(O)C(N)c1nncn1C1CCCC1. The van der Waals surface area contributed by atoms with Gasteiger partial charge >= 0.3 is 0 Å². The molecule has 1 fully saturated rings. The van der Waals surface area contributed by atoms with Crippen LogP contribution in [0.5, 0.6) is 0 Å². The maximum atomic E-state index is 9.45. The number of hydrogen-bond donors (Lipinski definition) is 2. The lowest BCUT2D eigenvalue weighted by Gasteiger charge is -2.19. The molecule has 1 aromatic heterocycles. The Morgan fingerprint density at radius 1 is 1.53 bits per heavy atom. The average molecular weight is 210 g/mol. The van der Waals surface area contributed by atoms with Gasteiger partial charge in [-0.05, 0) is 19.8 Å². The summed E-state index contributed by atoms with van der Waals surface area (Å²) in [6.07, 6.45) is 5.98. The summed E-state index contributed by atoms with van der Waals surface area (Å²) in [4.78, 5) is 0. The van der Waals surface area contributed by atoms with Crippen molar-refractivity contribution in [1.29, 1.82) is 0 Å². The van der Waals surface area contributed by atoms with Crippen LogP contribution in [-0.4, -0.2) is 26.0 Å². The summed E-state index contributed by atoms with van der Waals surface area (Å²) in [7, 11) is 0. The van der Waals surface area contributed by atoms with Gasteiger partial charge < -0.3 is 15.4 Å². The second-order valence-corrected chi connectivity index (χ2v) is 4.30. The fourth-order valence-electron chi connectivity index (χ4n) is 2.17. The van der Waals surface area contributed by atoms with E-state index in [-0.39, 0.29) is 0 Å². The quantitative estimate of drug-likeness (QED) is 0.772. The molecule has 0 radical (unpaired) electrons. The van der Waals surface area contributed by atoms with Crippen molar-refractivity contribution in [2.24, 2.45) is 5.73 Å². The van der Waals surface area contributed by atoms with Gasteiger partial charge in [0.05, 0.1) is 12.1 Å². The summed E-state index contributed by atoms with van der Waals surface area (Å²) in [5.41, 5.74) is 5.88. The molecule has 84 valence electrons. The fraction of sp³-hybridized carbons (Fsp3) is 0.800. The van der Waals surface area contributed by atoms with E-state index in [1.807, 2.05) is 4.57 Å². The van der Waals surface area contributed by atoms with Gasteiger partial charge in [0.25, 0.3) is 0 Å². The smallest absolute Gasteiger partial charge is 0.152 e. The Kier molecular flexibility index (Phi) is 3.02. The molecule has 5 heteroatoms. The molecule has 2 unspecified atom stereocenters. The lowest BCUT2D eigenvalue weighted by molar-refractivity contribution is 0.157. The molecule has 2 rings (SSSR count). The van der Waals surface area contributed by atoms with Crippen LogP contribution in [0.4, 0.5) is 0 Å². The molecule has 1 heterocycles. The molecule has 1 aliphatic rings. The topological polar surface area (TPSA) is 77.0 Å². The normalized spacial score (nSPS) is 21.8. The van der Waals surface area contributed by atoms with Crippen molar-refractivity contribution in [3.8, 4) is 0 Å². The first kappa shape index (κ1) is 10.6. The minimum atomic E-state index is -0.589. The van der Waals surface area contributed by atoms with Gasteiger partial charge in [-0.3, -0.25) is 0 Å². The summed E-state index contributed by atoms with van der Waals surface area (Å²) < 4.78 is 2.03. The van der Waals surface area contributed by atoms with Crippen LogP contribution in [0.1, 0.15) is 50.5 Å². The van der Waals surface area contributed by atoms with Gasteiger partial charge in [0.1, 0.15) is 6.33 Å². The highest BCUT2D eigenvalue weighted by atomic mass is 16.3. The number of hydrogen-bond acceptors (Lipinski definition) is 4. The summed E-state index contributed by atoms with van der Waals surface area (Å²) in [6, 6.07) is 0.0351. The van der Waals surface area contributed by atoms with Crippen LogP contribution in [-0.2, 0) is 0 Å². The standard InChI is InChI=1S/C10H18N4O/c1-7(15)9(11)10-13-12-6-14(10)8-4-2-3-5-8/h6-9,15H,2-5,11H2,1H3. The van der Waals surface area contributed by atoms with E-state index in [0.29, 0.717) is 11.9 Å². The van der Waals surface area contributed by atoms with E-state index in [1.54, 1.807) is 13.3 Å². The number of nitrogens with zero attached hydrogens (tertiary/aromatic N) is 3. The third-order valence-electron chi connectivity index (χ3n) is 3.14. The predicted molar refractivity (Wildman–Crippen MR) is 56.1 cm³/mol. The fourth-order valence-corrected chi connectivity index (χ4v) is 2.17. The van der Waals surface area contributed by atoms with Gasteiger partial charge in [-0.15, -0.1) is 10.2 Å². The Hall–Kier alpha value is -0.940. The molecule has 0 aliphatic heterocycles. The van der Waals surface area contributed by atoms with Crippen molar-refractivity contribution in [1.82, 2.24) is 14.8 Å². The second kappa shape index (κ2) is 4.28. The van der Waals surface area contributed by atoms with Crippen molar-refractivity contribution in [3.63, 3.8) is 0 Å². The van der Waals surface area contributed by atoms with Gasteiger partial charge in [0.15, 0.2) is 5.82 Å². The molecule has 2 atom stereocenters. The zero-order chi connectivity index (χ0) is 10.8. The minimum absolute atomic E-state index is 0.437. The van der Waals surface area contributed by atoms with Gasteiger partial charge in [-0.25, -0.2) is 0 Å². The zero-order valence-electron chi connectivity index (χ0n) is 9.00. The molecule has 0 bridgehead atoms. The molecule has 3 N–H and O–H groups in total. The first-order valence-corrected chi connectivity index (χ1v) is 5.53. The van der Waals surface area contributed by atoms with Gasteiger partial charge in [0.2, 0.25) is 0 Å². The molecule has 0 saturated heterocycles. The average Bonchev–Trinajstić information content (AvgIpc) is 2.86. The lowest BCUT2D eigenvalue weighted by Crippen LogP contribution is -2.27. The molecule has 0 aromatic carbocycles. The van der Waals surface area contributed by atoms with Crippen LogP contribution < -0.4 is 5.73 Å². The first-order valence-electron chi connectivity index (χ1n) is 5.53. The van der Waals surface area contributed by atoms with Crippen molar-refractivity contribution in [2.45, 2.75) is 50.8 Å². The van der Waals surface area contributed by atoms with Crippen LogP contribution in [0.25, 0.3) is 0 Å². The van der Waals surface area contributed by atoms with E-state index < -0.39 is 12.1 Å². The van der Waals surface area contributed by atoms with Crippen LogP contribution >= 0.6 is 0 Å². The van der Waals surface area contributed by atoms with Crippen molar-refractivity contribution < 1.29 is 5.11 Å². The lowest BCUT2D eigenvalue weighted by atomic mass is 10.1. The Balaban J connectivity index is 2.21. The monoisotopic (exact) mass is 210 g/mol. The molecule has 5 nitrogen and oxygen atoms in total. The van der Waals surface area contributed by atoms with E-state index in [1.165, 1.54) is 12.8 Å². The van der Waals surface area contributed by atoms with Crippen LogP contribution in [0.3, 0.4) is 0 Å². The van der Waals surface area contributed by atoms with Gasteiger partial charge in [-0.1, -0.05) is 12.8 Å². The summed E-state index contributed by atoms with van der Waals surface area (Å²) >= 11 is 0. The molecule has 0 spiro atoms. The number of aliphatic hydroxyl groups excluding tert-OH is 1. The van der Waals surface area contributed by atoms with Crippen LogP contribution in [0.2, 0.25) is 0 Å². The number of aromatic nitrogens is 3. The van der Waals surface area contributed by atoms with E-state index in [2.05, 4.69) is 10.2 Å². The summed E-state index contributed by atoms with van der Waals surface area (Å²) in [5.74, 6) is 0.705. The molecule has 0 amide bonds. The number of nitrogens with two attached hydrogens (primary N) is 1. The molecule has 1 aliphatic carbocycles. The van der Waals surface area contributed by atoms with Crippen molar-refractivity contribution in [3.05, 3.63) is 12.2 Å². The van der Waals surface area contributed by atoms with Gasteiger partial charge in [0, 0.05) is 6.04 Å². The minimum Gasteiger partial charge on any atom is -0.391 e. The number of aliphatic hydroxyl groups is 1. The van der Waals surface area contributed by atoms with E-state index in [9.17, 15) is 5.11 Å². The second-order valence-electron chi connectivity index (χ2n) is 4.30.